The van der Waals surface area contributed by atoms with Gasteiger partial charge >= 0.3 is 6.09 Å². The zero-order chi connectivity index (χ0) is 15.5. The molecular formula is C15H20N2O4. The lowest BCUT2D eigenvalue weighted by atomic mass is 10.1. The van der Waals surface area contributed by atoms with Crippen molar-refractivity contribution in [2.45, 2.75) is 32.5 Å². The van der Waals surface area contributed by atoms with Gasteiger partial charge in [0, 0.05) is 12.7 Å². The molecule has 114 valence electrons. The Hall–Kier alpha value is -1.95. The Morgan fingerprint density at radius 1 is 1.38 bits per heavy atom. The fourth-order valence-corrected chi connectivity index (χ4v) is 1.97. The first-order chi connectivity index (χ1) is 9.87. The van der Waals surface area contributed by atoms with E-state index >= 15 is 0 Å². The van der Waals surface area contributed by atoms with Gasteiger partial charge in [0.1, 0.15) is 17.4 Å². The number of rotatable bonds is 2. The van der Waals surface area contributed by atoms with Crippen LogP contribution in [-0.4, -0.2) is 53.2 Å². The highest BCUT2D eigenvalue weighted by atomic mass is 16.6. The lowest BCUT2D eigenvalue weighted by molar-refractivity contribution is -0.0322. The zero-order valence-electron chi connectivity index (χ0n) is 12.5. The maximum absolute atomic E-state index is 12.3. The van der Waals surface area contributed by atoms with E-state index in [2.05, 4.69) is 4.98 Å². The summed E-state index contributed by atoms with van der Waals surface area (Å²) in [7, 11) is 0. The highest BCUT2D eigenvalue weighted by Gasteiger charge is 2.32. The van der Waals surface area contributed by atoms with Crippen molar-refractivity contribution in [2.24, 2.45) is 0 Å². The van der Waals surface area contributed by atoms with Gasteiger partial charge in [0.05, 0.1) is 13.2 Å². The molecule has 2 rings (SSSR count). The molecule has 2 heterocycles. The zero-order valence-corrected chi connectivity index (χ0v) is 12.5. The summed E-state index contributed by atoms with van der Waals surface area (Å²) < 4.78 is 10.8. The van der Waals surface area contributed by atoms with Crippen molar-refractivity contribution in [3.8, 4) is 0 Å². The first-order valence-electron chi connectivity index (χ1n) is 6.91. The van der Waals surface area contributed by atoms with E-state index < -0.39 is 17.8 Å². The summed E-state index contributed by atoms with van der Waals surface area (Å²) in [6.45, 7) is 6.33. The number of hydrogen-bond acceptors (Lipinski definition) is 5. The summed E-state index contributed by atoms with van der Waals surface area (Å²) in [5.74, 6) is -0.219. The third-order valence-corrected chi connectivity index (χ3v) is 2.93. The first kappa shape index (κ1) is 15.4. The number of ether oxygens (including phenoxy) is 2. The summed E-state index contributed by atoms with van der Waals surface area (Å²) in [4.78, 5) is 29.8. The Labute approximate surface area is 124 Å². The van der Waals surface area contributed by atoms with Gasteiger partial charge in [0.15, 0.2) is 0 Å². The summed E-state index contributed by atoms with van der Waals surface area (Å²) >= 11 is 0. The topological polar surface area (TPSA) is 68.7 Å². The van der Waals surface area contributed by atoms with Crippen molar-refractivity contribution in [2.75, 3.05) is 19.7 Å². The standard InChI is InChI=1S/C15H20N2O4/c1-15(2,3)21-14(19)17-8-9-20-12(10-17)13(18)11-6-4-5-7-16-11/h4-7,12H,8-10H2,1-3H3. The van der Waals surface area contributed by atoms with Crippen molar-refractivity contribution in [3.63, 3.8) is 0 Å². The van der Waals surface area contributed by atoms with Crippen LogP contribution in [0.15, 0.2) is 24.4 Å². The lowest BCUT2D eigenvalue weighted by Gasteiger charge is -2.33. The predicted octanol–water partition coefficient (Wildman–Crippen LogP) is 1.90. The molecule has 1 fully saturated rings. The SMILES string of the molecule is CC(C)(C)OC(=O)N1CCOC(C(=O)c2ccccn2)C1. The largest absolute Gasteiger partial charge is 0.444 e. The molecule has 21 heavy (non-hydrogen) atoms. The van der Waals surface area contributed by atoms with Crippen LogP contribution in [0, 0.1) is 0 Å². The summed E-state index contributed by atoms with van der Waals surface area (Å²) in [6.07, 6.45) is 0.438. The normalized spacial score (nSPS) is 19.2. The van der Waals surface area contributed by atoms with Crippen LogP contribution in [0.3, 0.4) is 0 Å². The smallest absolute Gasteiger partial charge is 0.410 e. The van der Waals surface area contributed by atoms with Crippen LogP contribution in [0.5, 0.6) is 0 Å². The Morgan fingerprint density at radius 3 is 2.76 bits per heavy atom. The van der Waals surface area contributed by atoms with E-state index in [1.54, 1.807) is 24.4 Å². The molecule has 1 aliphatic rings. The van der Waals surface area contributed by atoms with Crippen molar-refractivity contribution in [3.05, 3.63) is 30.1 Å². The molecule has 0 aliphatic carbocycles. The van der Waals surface area contributed by atoms with Crippen molar-refractivity contribution < 1.29 is 19.1 Å². The molecule has 0 N–H and O–H groups in total. The van der Waals surface area contributed by atoms with E-state index in [0.29, 0.717) is 18.8 Å². The van der Waals surface area contributed by atoms with E-state index in [4.69, 9.17) is 9.47 Å². The second-order valence-electron chi connectivity index (χ2n) is 5.87. The maximum Gasteiger partial charge on any atom is 0.410 e. The second kappa shape index (κ2) is 6.22. The number of carbonyl (C=O) groups excluding carboxylic acids is 2. The van der Waals surface area contributed by atoms with Gasteiger partial charge in [-0.1, -0.05) is 6.07 Å². The van der Waals surface area contributed by atoms with Gasteiger partial charge in [0.25, 0.3) is 0 Å². The van der Waals surface area contributed by atoms with E-state index in [-0.39, 0.29) is 12.3 Å². The van der Waals surface area contributed by atoms with Crippen LogP contribution in [0.2, 0.25) is 0 Å². The first-order valence-corrected chi connectivity index (χ1v) is 6.91. The van der Waals surface area contributed by atoms with Gasteiger partial charge in [-0.25, -0.2) is 4.79 Å². The number of morpholine rings is 1. The minimum atomic E-state index is -0.693. The number of carbonyl (C=O) groups is 2. The van der Waals surface area contributed by atoms with E-state index in [9.17, 15) is 9.59 Å². The minimum absolute atomic E-state index is 0.185. The molecule has 6 heteroatoms. The monoisotopic (exact) mass is 292 g/mol. The van der Waals surface area contributed by atoms with Crippen molar-refractivity contribution in [1.29, 1.82) is 0 Å². The fraction of sp³-hybridized carbons (Fsp3) is 0.533. The van der Waals surface area contributed by atoms with Crippen LogP contribution in [0.25, 0.3) is 0 Å². The quantitative estimate of drug-likeness (QED) is 0.779. The molecule has 0 saturated carbocycles. The lowest BCUT2D eigenvalue weighted by Crippen LogP contribution is -2.50. The average molecular weight is 292 g/mol. The van der Waals surface area contributed by atoms with Gasteiger partial charge in [-0.05, 0) is 32.9 Å². The number of amides is 1. The molecular weight excluding hydrogens is 272 g/mol. The number of hydrogen-bond donors (Lipinski definition) is 0. The van der Waals surface area contributed by atoms with E-state index in [1.807, 2.05) is 20.8 Å². The highest BCUT2D eigenvalue weighted by Crippen LogP contribution is 2.15. The van der Waals surface area contributed by atoms with Crippen LogP contribution >= 0.6 is 0 Å². The molecule has 0 spiro atoms. The minimum Gasteiger partial charge on any atom is -0.444 e. The molecule has 0 bridgehead atoms. The molecule has 1 aromatic heterocycles. The number of Topliss-reactive ketones (excluding diaryl/α,β-unsaturated/α-hetero) is 1. The second-order valence-corrected chi connectivity index (χ2v) is 5.87. The molecule has 1 unspecified atom stereocenters. The third-order valence-electron chi connectivity index (χ3n) is 2.93. The van der Waals surface area contributed by atoms with E-state index in [1.165, 1.54) is 4.90 Å². The predicted molar refractivity (Wildman–Crippen MR) is 76.1 cm³/mol. The average Bonchev–Trinajstić information content (AvgIpc) is 2.46. The van der Waals surface area contributed by atoms with Gasteiger partial charge in [-0.3, -0.25) is 9.78 Å². The van der Waals surface area contributed by atoms with Gasteiger partial charge in [-0.15, -0.1) is 0 Å². The number of ketones is 1. The molecule has 1 amide bonds. The van der Waals surface area contributed by atoms with Crippen molar-refractivity contribution >= 4 is 11.9 Å². The molecule has 0 aromatic carbocycles. The third kappa shape index (κ3) is 4.26. The maximum atomic E-state index is 12.3. The summed E-state index contributed by atoms with van der Waals surface area (Å²) in [5, 5.41) is 0. The molecule has 1 atom stereocenters. The molecule has 1 aliphatic heterocycles. The Kier molecular flexibility index (Phi) is 4.57. The Bertz CT molecular complexity index is 510. The van der Waals surface area contributed by atoms with Crippen LogP contribution in [-0.2, 0) is 9.47 Å². The number of pyridine rings is 1. The fourth-order valence-electron chi connectivity index (χ4n) is 1.97. The van der Waals surface area contributed by atoms with Gasteiger partial charge in [0.2, 0.25) is 5.78 Å². The Morgan fingerprint density at radius 2 is 2.14 bits per heavy atom. The summed E-state index contributed by atoms with van der Waals surface area (Å²) in [5.41, 5.74) is -0.218. The van der Waals surface area contributed by atoms with Crippen LogP contribution < -0.4 is 0 Å². The number of nitrogens with zero attached hydrogens (tertiary/aromatic N) is 2. The number of aromatic nitrogens is 1. The molecule has 1 aromatic rings. The Balaban J connectivity index is 2.01. The highest BCUT2D eigenvalue weighted by molar-refractivity contribution is 5.98. The van der Waals surface area contributed by atoms with Crippen LogP contribution in [0.4, 0.5) is 4.79 Å². The van der Waals surface area contributed by atoms with Crippen molar-refractivity contribution in [1.82, 2.24) is 9.88 Å². The van der Waals surface area contributed by atoms with Gasteiger partial charge < -0.3 is 14.4 Å². The van der Waals surface area contributed by atoms with Gasteiger partial charge in [-0.2, -0.15) is 0 Å². The molecule has 1 saturated heterocycles. The molecule has 6 nitrogen and oxygen atoms in total. The molecule has 0 radical (unpaired) electrons. The summed E-state index contributed by atoms with van der Waals surface area (Å²) in [6, 6.07) is 5.12. The van der Waals surface area contributed by atoms with Crippen LogP contribution in [0.1, 0.15) is 31.3 Å². The van der Waals surface area contributed by atoms with E-state index in [0.717, 1.165) is 0 Å².